The van der Waals surface area contributed by atoms with Crippen LogP contribution in [0.4, 0.5) is 4.79 Å². The molecule has 0 saturated carbocycles. The molecule has 0 heterocycles. The third-order valence-corrected chi connectivity index (χ3v) is 7.01. The molecule has 3 atom stereocenters. The van der Waals surface area contributed by atoms with E-state index in [9.17, 15) is 9.00 Å². The molecule has 2 aromatic carbocycles. The maximum absolute atomic E-state index is 12.7. The first-order valence-electron chi connectivity index (χ1n) is 9.86. The van der Waals surface area contributed by atoms with Crippen molar-refractivity contribution in [1.82, 2.24) is 4.90 Å². The third kappa shape index (κ3) is 5.01. The Morgan fingerprint density at radius 1 is 1.07 bits per heavy atom. The molecule has 0 aliphatic heterocycles. The molecule has 7 heteroatoms. The fourth-order valence-corrected chi connectivity index (χ4v) is 4.77. The summed E-state index contributed by atoms with van der Waals surface area (Å²) in [5.41, 5.74) is 2.60. The first kappa shape index (κ1) is 23.1. The van der Waals surface area contributed by atoms with Crippen molar-refractivity contribution in [3.05, 3.63) is 63.1 Å². The van der Waals surface area contributed by atoms with Crippen LogP contribution in [0.2, 0.25) is 10.0 Å². The van der Waals surface area contributed by atoms with Gasteiger partial charge in [-0.3, -0.25) is 4.21 Å². The number of carbonyl (C=O) groups excluding carboxylic acids is 1. The number of nitrogens with zero attached hydrogens (tertiary/aromatic N) is 1. The van der Waals surface area contributed by atoms with Gasteiger partial charge < -0.3 is 9.64 Å². The number of fused-ring (bicyclic) bond motifs is 1. The van der Waals surface area contributed by atoms with E-state index in [4.69, 9.17) is 27.9 Å². The van der Waals surface area contributed by atoms with E-state index < -0.39 is 16.4 Å². The highest BCUT2D eigenvalue weighted by atomic mass is 35.5. The van der Waals surface area contributed by atoms with Crippen molar-refractivity contribution in [2.45, 2.75) is 56.1 Å². The number of rotatable bonds is 3. The molecule has 0 fully saturated rings. The maximum atomic E-state index is 12.7. The average molecular weight is 468 g/mol. The number of hydrogen-bond acceptors (Lipinski definition) is 3. The van der Waals surface area contributed by atoms with Gasteiger partial charge in [0.1, 0.15) is 5.60 Å². The molecular formula is C23H27Cl2NO3S. The number of benzene rings is 2. The molecule has 4 nitrogen and oxygen atoms in total. The fraction of sp³-hybridized carbons (Fsp3) is 0.435. The molecule has 1 aliphatic rings. The Bertz CT molecular complexity index is 987. The highest BCUT2D eigenvalue weighted by molar-refractivity contribution is 7.84. The Balaban J connectivity index is 2.03. The molecule has 3 rings (SSSR count). The van der Waals surface area contributed by atoms with E-state index >= 15 is 0 Å². The molecule has 0 aromatic heterocycles. The zero-order valence-corrected chi connectivity index (χ0v) is 20.2. The summed E-state index contributed by atoms with van der Waals surface area (Å²) in [5.74, 6) is 0.0848. The minimum atomic E-state index is -1.10. The van der Waals surface area contributed by atoms with E-state index in [1.807, 2.05) is 51.1 Å². The second-order valence-electron chi connectivity index (χ2n) is 8.66. The fourth-order valence-electron chi connectivity index (χ4n) is 3.91. The van der Waals surface area contributed by atoms with Crippen LogP contribution in [0, 0.1) is 0 Å². The minimum Gasteiger partial charge on any atom is -0.444 e. The molecule has 0 N–H and O–H groups in total. The van der Waals surface area contributed by atoms with Crippen LogP contribution in [0.15, 0.2) is 41.3 Å². The second kappa shape index (κ2) is 8.89. The van der Waals surface area contributed by atoms with Gasteiger partial charge in [-0.1, -0.05) is 35.3 Å². The summed E-state index contributed by atoms with van der Waals surface area (Å²) in [5, 5.41) is 1.03. The molecule has 2 aromatic rings. The Morgan fingerprint density at radius 2 is 1.77 bits per heavy atom. The molecule has 1 unspecified atom stereocenters. The van der Waals surface area contributed by atoms with Crippen LogP contribution in [0.5, 0.6) is 0 Å². The summed E-state index contributed by atoms with van der Waals surface area (Å²) in [6, 6.07) is 11.4. The van der Waals surface area contributed by atoms with Crippen molar-refractivity contribution in [2.24, 2.45) is 0 Å². The van der Waals surface area contributed by atoms with Crippen molar-refractivity contribution in [1.29, 1.82) is 0 Å². The first-order valence-corrected chi connectivity index (χ1v) is 12.2. The molecule has 30 heavy (non-hydrogen) atoms. The Morgan fingerprint density at radius 3 is 2.37 bits per heavy atom. The van der Waals surface area contributed by atoms with Crippen LogP contribution in [0.3, 0.4) is 0 Å². The number of halogens is 2. The van der Waals surface area contributed by atoms with Gasteiger partial charge in [-0.25, -0.2) is 4.79 Å². The normalized spacial score (nSPS) is 19.7. The molecule has 162 valence electrons. The predicted molar refractivity (Wildman–Crippen MR) is 123 cm³/mol. The summed E-state index contributed by atoms with van der Waals surface area (Å²) in [7, 11) is 0.669. The Labute approximate surface area is 191 Å². The second-order valence-corrected chi connectivity index (χ2v) is 10.8. The summed E-state index contributed by atoms with van der Waals surface area (Å²) in [4.78, 5) is 15.1. The lowest BCUT2D eigenvalue weighted by Gasteiger charge is -2.37. The highest BCUT2D eigenvalue weighted by Gasteiger charge is 2.34. The Kier molecular flexibility index (Phi) is 6.85. The zero-order chi connectivity index (χ0) is 22.2. The van der Waals surface area contributed by atoms with Gasteiger partial charge in [0, 0.05) is 34.9 Å². The van der Waals surface area contributed by atoms with Crippen LogP contribution < -0.4 is 0 Å². The Hall–Kier alpha value is -1.56. The SMILES string of the molecule is CN(C(=O)OC(C)(C)C)[C@H]1CC[C@@H](c2ccc(Cl)c(Cl)c2)c2cc(S(C)=O)ccc21. The van der Waals surface area contributed by atoms with E-state index in [-0.39, 0.29) is 18.1 Å². The van der Waals surface area contributed by atoms with E-state index in [2.05, 4.69) is 0 Å². The van der Waals surface area contributed by atoms with E-state index in [1.165, 1.54) is 0 Å². The zero-order valence-electron chi connectivity index (χ0n) is 17.9. The lowest BCUT2D eigenvalue weighted by molar-refractivity contribution is 0.0202. The van der Waals surface area contributed by atoms with Crippen LogP contribution in [0.25, 0.3) is 0 Å². The predicted octanol–water partition coefficient (Wildman–Crippen LogP) is 6.56. The average Bonchev–Trinajstić information content (AvgIpc) is 2.67. The number of carbonyl (C=O) groups is 1. The van der Waals surface area contributed by atoms with Gasteiger partial charge in [-0.2, -0.15) is 0 Å². The van der Waals surface area contributed by atoms with Crippen molar-refractivity contribution >= 4 is 40.1 Å². The molecule has 0 radical (unpaired) electrons. The standard InChI is InChI=1S/C23H27Cl2NO3S/c1-23(2,3)29-22(27)26(4)21-11-9-16(14-6-10-19(24)20(25)12-14)18-13-15(30(5)28)7-8-17(18)21/h6-8,10,12-13,16,21H,9,11H2,1-5H3/t16-,21-,30?/m0/s1. The summed E-state index contributed by atoms with van der Waals surface area (Å²) in [6.45, 7) is 5.57. The van der Waals surface area contributed by atoms with Crippen LogP contribution in [-0.2, 0) is 15.5 Å². The molecule has 0 saturated heterocycles. The maximum Gasteiger partial charge on any atom is 0.410 e. The highest BCUT2D eigenvalue weighted by Crippen LogP contribution is 2.45. The van der Waals surface area contributed by atoms with Gasteiger partial charge in [0.05, 0.1) is 16.1 Å². The quantitative estimate of drug-likeness (QED) is 0.512. The van der Waals surface area contributed by atoms with Gasteiger partial charge in [-0.05, 0) is 74.6 Å². The largest absolute Gasteiger partial charge is 0.444 e. The van der Waals surface area contributed by atoms with Crippen LogP contribution in [-0.4, -0.2) is 34.1 Å². The van der Waals surface area contributed by atoms with Gasteiger partial charge >= 0.3 is 6.09 Å². The molecule has 1 aliphatic carbocycles. The lowest BCUT2D eigenvalue weighted by Crippen LogP contribution is -2.38. The van der Waals surface area contributed by atoms with Crippen molar-refractivity contribution in [3.8, 4) is 0 Å². The van der Waals surface area contributed by atoms with Crippen molar-refractivity contribution < 1.29 is 13.7 Å². The number of amides is 1. The number of ether oxygens (including phenoxy) is 1. The van der Waals surface area contributed by atoms with Gasteiger partial charge in [0.25, 0.3) is 0 Å². The molecule has 1 amide bonds. The van der Waals surface area contributed by atoms with Gasteiger partial charge in [0.15, 0.2) is 0 Å². The smallest absolute Gasteiger partial charge is 0.410 e. The molecule has 0 spiro atoms. The topological polar surface area (TPSA) is 46.6 Å². The summed E-state index contributed by atoms with van der Waals surface area (Å²) >= 11 is 12.4. The lowest BCUT2D eigenvalue weighted by atomic mass is 9.76. The van der Waals surface area contributed by atoms with Crippen molar-refractivity contribution in [2.75, 3.05) is 13.3 Å². The van der Waals surface area contributed by atoms with Crippen LogP contribution in [0.1, 0.15) is 62.3 Å². The van der Waals surface area contributed by atoms with E-state index in [0.717, 1.165) is 34.4 Å². The third-order valence-electron chi connectivity index (χ3n) is 5.35. The summed E-state index contributed by atoms with van der Waals surface area (Å²) in [6.07, 6.45) is 2.92. The van der Waals surface area contributed by atoms with Crippen molar-refractivity contribution in [3.63, 3.8) is 0 Å². The monoisotopic (exact) mass is 467 g/mol. The number of hydrogen-bond donors (Lipinski definition) is 0. The first-order chi connectivity index (χ1) is 14.0. The summed E-state index contributed by atoms with van der Waals surface area (Å²) < 4.78 is 17.7. The minimum absolute atomic E-state index is 0.0848. The van der Waals surface area contributed by atoms with Crippen LogP contribution >= 0.6 is 23.2 Å². The van der Waals surface area contributed by atoms with Gasteiger partial charge in [0.2, 0.25) is 0 Å². The van der Waals surface area contributed by atoms with E-state index in [1.54, 1.807) is 24.3 Å². The van der Waals surface area contributed by atoms with Gasteiger partial charge in [-0.15, -0.1) is 0 Å². The van der Waals surface area contributed by atoms with E-state index in [0.29, 0.717) is 10.0 Å². The molecular weight excluding hydrogens is 441 g/mol. The molecule has 0 bridgehead atoms.